The molecule has 2 aromatic heterocycles. The molecule has 2 heterocycles. The van der Waals surface area contributed by atoms with Crippen molar-refractivity contribution in [3.05, 3.63) is 63.6 Å². The van der Waals surface area contributed by atoms with Crippen LogP contribution in [-0.2, 0) is 19.5 Å². The van der Waals surface area contributed by atoms with Crippen LogP contribution in [0.25, 0.3) is 0 Å². The van der Waals surface area contributed by atoms with Crippen LogP contribution in [0.15, 0.2) is 41.9 Å². The fraction of sp³-hybridized carbons (Fsp3) is 0.368. The van der Waals surface area contributed by atoms with E-state index in [1.165, 1.54) is 16.0 Å². The van der Waals surface area contributed by atoms with E-state index in [0.717, 1.165) is 29.6 Å². The Balaban J connectivity index is 0.00000280. The normalized spacial score (nSPS) is 11.2. The molecule has 3 aromatic rings. The van der Waals surface area contributed by atoms with Crippen LogP contribution >= 0.6 is 35.3 Å². The SMILES string of the molecule is CN=C(NCCc1nc(C)c(C)s1)NCc1cccc(Cn2cncn2)c1.I. The summed E-state index contributed by atoms with van der Waals surface area (Å²) in [6, 6.07) is 8.43. The Hall–Kier alpha value is -2.01. The minimum Gasteiger partial charge on any atom is -0.356 e. The average molecular weight is 511 g/mol. The first kappa shape index (κ1) is 22.3. The number of thiazole rings is 1. The standard InChI is InChI=1S/C19H25N7S.HI/c1-14-15(2)27-18(25-14)7-8-22-19(20-3)23-10-16-5-4-6-17(9-16)11-26-13-21-12-24-26;/h4-6,9,12-13H,7-8,10-11H2,1-3H3,(H2,20,22,23);1H. The van der Waals surface area contributed by atoms with Crippen molar-refractivity contribution < 1.29 is 0 Å². The fourth-order valence-electron chi connectivity index (χ4n) is 2.68. The zero-order chi connectivity index (χ0) is 19.1. The van der Waals surface area contributed by atoms with Crippen molar-refractivity contribution in [3.63, 3.8) is 0 Å². The number of hydrogen-bond donors (Lipinski definition) is 2. The predicted octanol–water partition coefficient (Wildman–Crippen LogP) is 2.93. The van der Waals surface area contributed by atoms with Crippen LogP contribution < -0.4 is 10.6 Å². The van der Waals surface area contributed by atoms with Crippen molar-refractivity contribution in [1.82, 2.24) is 30.4 Å². The quantitative estimate of drug-likeness (QED) is 0.290. The molecule has 150 valence electrons. The van der Waals surface area contributed by atoms with Gasteiger partial charge in [0, 0.05) is 31.4 Å². The van der Waals surface area contributed by atoms with Crippen LogP contribution in [0.5, 0.6) is 0 Å². The molecule has 28 heavy (non-hydrogen) atoms. The van der Waals surface area contributed by atoms with Crippen molar-refractivity contribution in [2.45, 2.75) is 33.4 Å². The van der Waals surface area contributed by atoms with Gasteiger partial charge in [-0.15, -0.1) is 35.3 Å². The molecule has 1 aromatic carbocycles. The van der Waals surface area contributed by atoms with Crippen LogP contribution in [0.1, 0.15) is 26.7 Å². The Morgan fingerprint density at radius 1 is 1.21 bits per heavy atom. The summed E-state index contributed by atoms with van der Waals surface area (Å²) in [6.45, 7) is 6.40. The molecule has 0 saturated carbocycles. The highest BCUT2D eigenvalue weighted by Gasteiger charge is 2.05. The van der Waals surface area contributed by atoms with E-state index in [2.05, 4.69) is 68.8 Å². The van der Waals surface area contributed by atoms with Crippen molar-refractivity contribution >= 4 is 41.3 Å². The first-order valence-electron chi connectivity index (χ1n) is 8.91. The summed E-state index contributed by atoms with van der Waals surface area (Å²) in [6.07, 6.45) is 4.17. The number of nitrogens with one attached hydrogen (secondary N) is 2. The molecule has 7 nitrogen and oxygen atoms in total. The molecule has 2 N–H and O–H groups in total. The van der Waals surface area contributed by atoms with Crippen molar-refractivity contribution in [1.29, 1.82) is 0 Å². The Bertz CT molecular complexity index is 870. The lowest BCUT2D eigenvalue weighted by molar-refractivity contribution is 0.683. The average Bonchev–Trinajstić information content (AvgIpc) is 3.28. The molecular weight excluding hydrogens is 485 g/mol. The molecule has 0 unspecified atom stereocenters. The molecule has 0 fully saturated rings. The second-order valence-electron chi connectivity index (χ2n) is 6.26. The monoisotopic (exact) mass is 511 g/mol. The second kappa shape index (κ2) is 11.1. The Kier molecular flexibility index (Phi) is 8.84. The van der Waals surface area contributed by atoms with E-state index >= 15 is 0 Å². The molecule has 0 spiro atoms. The molecule has 0 amide bonds. The van der Waals surface area contributed by atoms with Gasteiger partial charge in [-0.25, -0.2) is 14.6 Å². The Morgan fingerprint density at radius 3 is 2.71 bits per heavy atom. The Labute approximate surface area is 186 Å². The summed E-state index contributed by atoms with van der Waals surface area (Å²) < 4.78 is 1.81. The number of aryl methyl sites for hydroxylation is 2. The van der Waals surface area contributed by atoms with Gasteiger partial charge >= 0.3 is 0 Å². The van der Waals surface area contributed by atoms with Gasteiger partial charge in [0.15, 0.2) is 5.96 Å². The number of nitrogens with zero attached hydrogens (tertiary/aromatic N) is 5. The Morgan fingerprint density at radius 2 is 2.04 bits per heavy atom. The summed E-state index contributed by atoms with van der Waals surface area (Å²) in [5.74, 6) is 0.793. The number of hydrogen-bond acceptors (Lipinski definition) is 5. The number of aromatic nitrogens is 4. The maximum absolute atomic E-state index is 4.57. The molecular formula is C19H26IN7S. The van der Waals surface area contributed by atoms with E-state index in [4.69, 9.17) is 0 Å². The van der Waals surface area contributed by atoms with E-state index in [9.17, 15) is 0 Å². The lowest BCUT2D eigenvalue weighted by Crippen LogP contribution is -2.37. The third kappa shape index (κ3) is 6.55. The summed E-state index contributed by atoms with van der Waals surface area (Å²) >= 11 is 1.76. The predicted molar refractivity (Wildman–Crippen MR) is 124 cm³/mol. The van der Waals surface area contributed by atoms with Crippen molar-refractivity contribution in [2.75, 3.05) is 13.6 Å². The minimum atomic E-state index is 0. The van der Waals surface area contributed by atoms with Gasteiger partial charge in [-0.2, -0.15) is 5.10 Å². The third-order valence-corrected chi connectivity index (χ3v) is 5.32. The molecule has 9 heteroatoms. The van der Waals surface area contributed by atoms with Crippen molar-refractivity contribution in [3.8, 4) is 0 Å². The summed E-state index contributed by atoms with van der Waals surface area (Å²) in [7, 11) is 1.79. The summed E-state index contributed by atoms with van der Waals surface area (Å²) in [5.41, 5.74) is 3.52. The highest BCUT2D eigenvalue weighted by molar-refractivity contribution is 14.0. The van der Waals surface area contributed by atoms with Crippen LogP contribution in [-0.4, -0.2) is 39.3 Å². The highest BCUT2D eigenvalue weighted by Crippen LogP contribution is 2.16. The van der Waals surface area contributed by atoms with Gasteiger partial charge in [0.25, 0.3) is 0 Å². The van der Waals surface area contributed by atoms with Crippen molar-refractivity contribution in [2.24, 2.45) is 4.99 Å². The van der Waals surface area contributed by atoms with Gasteiger partial charge in [-0.05, 0) is 25.0 Å². The van der Waals surface area contributed by atoms with Crippen LogP contribution in [0.3, 0.4) is 0 Å². The van der Waals surface area contributed by atoms with Crippen LogP contribution in [0, 0.1) is 13.8 Å². The topological polar surface area (TPSA) is 80.0 Å². The molecule has 0 aliphatic rings. The van der Waals surface area contributed by atoms with Gasteiger partial charge < -0.3 is 10.6 Å². The summed E-state index contributed by atoms with van der Waals surface area (Å²) in [4.78, 5) is 14.1. The number of benzene rings is 1. The van der Waals surface area contributed by atoms with E-state index in [-0.39, 0.29) is 24.0 Å². The maximum atomic E-state index is 4.57. The first-order chi connectivity index (χ1) is 13.1. The van der Waals surface area contributed by atoms with E-state index in [1.54, 1.807) is 31.0 Å². The molecule has 0 bridgehead atoms. The number of guanidine groups is 1. The molecule has 0 saturated heterocycles. The van der Waals surface area contributed by atoms with Gasteiger partial charge in [0.1, 0.15) is 12.7 Å². The van der Waals surface area contributed by atoms with E-state index < -0.39 is 0 Å². The van der Waals surface area contributed by atoms with Gasteiger partial charge in [-0.1, -0.05) is 24.3 Å². The molecule has 0 aliphatic heterocycles. The number of aliphatic imine (C=N–C) groups is 1. The lowest BCUT2D eigenvalue weighted by atomic mass is 10.1. The first-order valence-corrected chi connectivity index (χ1v) is 9.73. The number of halogens is 1. The van der Waals surface area contributed by atoms with Crippen LogP contribution in [0.2, 0.25) is 0 Å². The van der Waals surface area contributed by atoms with Crippen LogP contribution in [0.4, 0.5) is 0 Å². The number of rotatable bonds is 7. The molecule has 0 atom stereocenters. The maximum Gasteiger partial charge on any atom is 0.191 e. The largest absolute Gasteiger partial charge is 0.356 e. The molecule has 0 aliphatic carbocycles. The smallest absolute Gasteiger partial charge is 0.191 e. The lowest BCUT2D eigenvalue weighted by Gasteiger charge is -2.12. The minimum absolute atomic E-state index is 0. The van der Waals surface area contributed by atoms with Gasteiger partial charge in [0.2, 0.25) is 0 Å². The zero-order valence-corrected chi connectivity index (χ0v) is 19.5. The van der Waals surface area contributed by atoms with Gasteiger partial charge in [-0.3, -0.25) is 4.99 Å². The van der Waals surface area contributed by atoms with Gasteiger partial charge in [0.05, 0.1) is 17.2 Å². The molecule has 3 rings (SSSR count). The fourth-order valence-corrected chi connectivity index (χ4v) is 3.61. The zero-order valence-electron chi connectivity index (χ0n) is 16.3. The molecule has 0 radical (unpaired) electrons. The third-order valence-electron chi connectivity index (χ3n) is 4.19. The highest BCUT2D eigenvalue weighted by atomic mass is 127. The van der Waals surface area contributed by atoms with E-state index in [0.29, 0.717) is 13.1 Å². The van der Waals surface area contributed by atoms with E-state index in [1.807, 2.05) is 4.68 Å². The second-order valence-corrected chi connectivity index (χ2v) is 7.55. The summed E-state index contributed by atoms with van der Waals surface area (Å²) in [5, 5.41) is 12.0.